The summed E-state index contributed by atoms with van der Waals surface area (Å²) in [6.07, 6.45) is 5.25. The standard InChI is InChI=1S/C17H26N2O4S/c1-2-3-4-7-17(20)19-14-8-10-16(11-9-14)24(21,22)18-13-15-6-5-12-23-15/h8-11,15,18H,2-7,12-13H2,1H3,(H,19,20). The van der Waals surface area contributed by atoms with Crippen LogP contribution in [0.1, 0.15) is 45.4 Å². The van der Waals surface area contributed by atoms with Crippen LogP contribution in [0.2, 0.25) is 0 Å². The Morgan fingerprint density at radius 1 is 1.25 bits per heavy atom. The maximum absolute atomic E-state index is 12.2. The minimum absolute atomic E-state index is 0.0403. The number of hydrogen-bond acceptors (Lipinski definition) is 4. The Kier molecular flexibility index (Phi) is 7.20. The van der Waals surface area contributed by atoms with Crippen molar-refractivity contribution < 1.29 is 17.9 Å². The summed E-state index contributed by atoms with van der Waals surface area (Å²) in [6, 6.07) is 6.22. The fourth-order valence-corrected chi connectivity index (χ4v) is 3.63. The first-order chi connectivity index (χ1) is 11.5. The summed E-state index contributed by atoms with van der Waals surface area (Å²) in [6.45, 7) is 3.07. The van der Waals surface area contributed by atoms with Crippen LogP contribution in [0.25, 0.3) is 0 Å². The van der Waals surface area contributed by atoms with E-state index in [1.54, 1.807) is 12.1 Å². The molecule has 1 unspecified atom stereocenters. The molecule has 7 heteroatoms. The van der Waals surface area contributed by atoms with Crippen molar-refractivity contribution >= 4 is 21.6 Å². The van der Waals surface area contributed by atoms with Gasteiger partial charge in [-0.3, -0.25) is 4.79 Å². The number of benzene rings is 1. The predicted molar refractivity (Wildman–Crippen MR) is 93.4 cm³/mol. The van der Waals surface area contributed by atoms with Gasteiger partial charge in [0.25, 0.3) is 0 Å². The highest BCUT2D eigenvalue weighted by Crippen LogP contribution is 2.16. The lowest BCUT2D eigenvalue weighted by Crippen LogP contribution is -2.31. The molecule has 1 saturated heterocycles. The van der Waals surface area contributed by atoms with Gasteiger partial charge >= 0.3 is 0 Å². The average molecular weight is 354 g/mol. The number of amides is 1. The van der Waals surface area contributed by atoms with Crippen LogP contribution < -0.4 is 10.0 Å². The van der Waals surface area contributed by atoms with E-state index in [0.29, 0.717) is 18.7 Å². The molecule has 24 heavy (non-hydrogen) atoms. The van der Waals surface area contributed by atoms with E-state index in [0.717, 1.165) is 32.1 Å². The SMILES string of the molecule is CCCCCC(=O)Nc1ccc(S(=O)(=O)NCC2CCCO2)cc1. The van der Waals surface area contributed by atoms with Gasteiger partial charge in [0.15, 0.2) is 0 Å². The Morgan fingerprint density at radius 2 is 2.00 bits per heavy atom. The molecule has 2 N–H and O–H groups in total. The molecule has 6 nitrogen and oxygen atoms in total. The van der Waals surface area contributed by atoms with Crippen LogP contribution in [0.15, 0.2) is 29.2 Å². The van der Waals surface area contributed by atoms with Crippen molar-refractivity contribution in [1.29, 1.82) is 0 Å². The maximum Gasteiger partial charge on any atom is 0.240 e. The summed E-state index contributed by atoms with van der Waals surface area (Å²) in [5.74, 6) is -0.0458. The van der Waals surface area contributed by atoms with Crippen molar-refractivity contribution in [2.75, 3.05) is 18.5 Å². The first kappa shape index (κ1) is 18.9. The molecule has 0 radical (unpaired) electrons. The molecule has 0 saturated carbocycles. The summed E-state index contributed by atoms with van der Waals surface area (Å²) >= 11 is 0. The molecule has 1 aromatic carbocycles. The second kappa shape index (κ2) is 9.15. The zero-order chi connectivity index (χ0) is 17.4. The van der Waals surface area contributed by atoms with Crippen molar-refractivity contribution in [1.82, 2.24) is 4.72 Å². The first-order valence-corrected chi connectivity index (χ1v) is 10.0. The summed E-state index contributed by atoms with van der Waals surface area (Å²) in [5, 5.41) is 2.78. The molecule has 1 aromatic rings. The molecule has 0 aliphatic carbocycles. The lowest BCUT2D eigenvalue weighted by Gasteiger charge is -2.12. The van der Waals surface area contributed by atoms with Gasteiger partial charge in [0.05, 0.1) is 11.0 Å². The lowest BCUT2D eigenvalue weighted by atomic mass is 10.2. The number of rotatable bonds is 9. The number of carbonyl (C=O) groups is 1. The number of ether oxygens (including phenoxy) is 1. The van der Waals surface area contributed by atoms with Gasteiger partial charge in [0.2, 0.25) is 15.9 Å². The van der Waals surface area contributed by atoms with E-state index in [4.69, 9.17) is 4.74 Å². The molecule has 134 valence electrons. The molecule has 2 rings (SSSR count). The molecule has 0 aromatic heterocycles. The monoisotopic (exact) mass is 354 g/mol. The van der Waals surface area contributed by atoms with Gasteiger partial charge in [-0.1, -0.05) is 19.8 Å². The quantitative estimate of drug-likeness (QED) is 0.668. The zero-order valence-corrected chi connectivity index (χ0v) is 14.9. The minimum Gasteiger partial charge on any atom is -0.377 e. The maximum atomic E-state index is 12.2. The van der Waals surface area contributed by atoms with E-state index < -0.39 is 10.0 Å². The topological polar surface area (TPSA) is 84.5 Å². The molecule has 0 spiro atoms. The summed E-state index contributed by atoms with van der Waals surface area (Å²) in [5.41, 5.74) is 0.606. The molecule has 1 heterocycles. The van der Waals surface area contributed by atoms with E-state index in [1.807, 2.05) is 0 Å². The van der Waals surface area contributed by atoms with E-state index in [1.165, 1.54) is 12.1 Å². The third kappa shape index (κ3) is 5.89. The fourth-order valence-electron chi connectivity index (χ4n) is 2.57. The van der Waals surface area contributed by atoms with E-state index in [2.05, 4.69) is 17.0 Å². The van der Waals surface area contributed by atoms with Gasteiger partial charge in [-0.25, -0.2) is 13.1 Å². The molecular weight excluding hydrogens is 328 g/mol. The minimum atomic E-state index is -3.55. The summed E-state index contributed by atoms with van der Waals surface area (Å²) in [7, 11) is -3.55. The number of hydrogen-bond donors (Lipinski definition) is 2. The van der Waals surface area contributed by atoms with Crippen molar-refractivity contribution in [3.8, 4) is 0 Å². The van der Waals surface area contributed by atoms with Crippen LogP contribution in [-0.2, 0) is 19.6 Å². The van der Waals surface area contributed by atoms with Crippen molar-refractivity contribution in [3.63, 3.8) is 0 Å². The number of unbranched alkanes of at least 4 members (excludes halogenated alkanes) is 2. The average Bonchev–Trinajstić information content (AvgIpc) is 3.07. The molecular formula is C17H26N2O4S. The zero-order valence-electron chi connectivity index (χ0n) is 14.1. The van der Waals surface area contributed by atoms with Gasteiger partial charge in [0, 0.05) is 25.3 Å². The number of anilines is 1. The Labute approximate surface area is 144 Å². The third-order valence-electron chi connectivity index (χ3n) is 3.98. The summed E-state index contributed by atoms with van der Waals surface area (Å²) < 4.78 is 32.5. The van der Waals surface area contributed by atoms with Gasteiger partial charge in [0.1, 0.15) is 0 Å². The Hall–Kier alpha value is -1.44. The summed E-state index contributed by atoms with van der Waals surface area (Å²) in [4.78, 5) is 11.9. The van der Waals surface area contributed by atoms with E-state index in [9.17, 15) is 13.2 Å². The van der Waals surface area contributed by atoms with Gasteiger partial charge in [-0.05, 0) is 43.5 Å². The normalized spacial score (nSPS) is 17.8. The van der Waals surface area contributed by atoms with Gasteiger partial charge < -0.3 is 10.1 Å². The van der Waals surface area contributed by atoms with Crippen LogP contribution >= 0.6 is 0 Å². The van der Waals surface area contributed by atoms with Crippen LogP contribution in [-0.4, -0.2) is 33.6 Å². The van der Waals surface area contributed by atoms with Crippen LogP contribution in [0.5, 0.6) is 0 Å². The van der Waals surface area contributed by atoms with Crippen LogP contribution in [0, 0.1) is 0 Å². The van der Waals surface area contributed by atoms with Crippen LogP contribution in [0.4, 0.5) is 5.69 Å². The van der Waals surface area contributed by atoms with Crippen molar-refractivity contribution in [2.24, 2.45) is 0 Å². The van der Waals surface area contributed by atoms with E-state index in [-0.39, 0.29) is 23.5 Å². The lowest BCUT2D eigenvalue weighted by molar-refractivity contribution is -0.116. The number of carbonyl (C=O) groups excluding carboxylic acids is 1. The van der Waals surface area contributed by atoms with E-state index >= 15 is 0 Å². The first-order valence-electron chi connectivity index (χ1n) is 8.52. The Morgan fingerprint density at radius 3 is 2.62 bits per heavy atom. The van der Waals surface area contributed by atoms with Crippen LogP contribution in [0.3, 0.4) is 0 Å². The second-order valence-corrected chi connectivity index (χ2v) is 7.78. The van der Waals surface area contributed by atoms with Gasteiger partial charge in [-0.15, -0.1) is 0 Å². The molecule has 0 bridgehead atoms. The van der Waals surface area contributed by atoms with Crippen molar-refractivity contribution in [3.05, 3.63) is 24.3 Å². The second-order valence-electron chi connectivity index (χ2n) is 6.02. The molecule has 1 atom stereocenters. The molecule has 1 aliphatic rings. The predicted octanol–water partition coefficient (Wildman–Crippen LogP) is 2.66. The van der Waals surface area contributed by atoms with Gasteiger partial charge in [-0.2, -0.15) is 0 Å². The smallest absolute Gasteiger partial charge is 0.240 e. The molecule has 1 amide bonds. The largest absolute Gasteiger partial charge is 0.377 e. The van der Waals surface area contributed by atoms with Crippen molar-refractivity contribution in [2.45, 2.75) is 56.4 Å². The highest BCUT2D eigenvalue weighted by molar-refractivity contribution is 7.89. The highest BCUT2D eigenvalue weighted by atomic mass is 32.2. The third-order valence-corrected chi connectivity index (χ3v) is 5.42. The number of sulfonamides is 1. The number of nitrogens with one attached hydrogen (secondary N) is 2. The molecule has 1 fully saturated rings. The fraction of sp³-hybridized carbons (Fsp3) is 0.588. The Bertz CT molecular complexity index is 622. The Balaban J connectivity index is 1.86. The highest BCUT2D eigenvalue weighted by Gasteiger charge is 2.20. The molecule has 1 aliphatic heterocycles.